The molecule has 1 aliphatic carbocycles. The molecule has 4 nitrogen and oxygen atoms in total. The Morgan fingerprint density at radius 2 is 2.11 bits per heavy atom. The molecule has 0 radical (unpaired) electrons. The van der Waals surface area contributed by atoms with E-state index in [4.69, 9.17) is 4.74 Å². The second-order valence-electron chi connectivity index (χ2n) is 5.42. The second-order valence-corrected chi connectivity index (χ2v) is 5.42. The third kappa shape index (κ3) is 2.45. The van der Waals surface area contributed by atoms with Crippen LogP contribution in [-0.2, 0) is 4.79 Å². The molecule has 0 aromatic heterocycles. The first-order valence-corrected chi connectivity index (χ1v) is 6.91. The highest BCUT2D eigenvalue weighted by Crippen LogP contribution is 2.29. The number of hydrogen-bond donors (Lipinski definition) is 1. The van der Waals surface area contributed by atoms with E-state index in [2.05, 4.69) is 5.32 Å². The molecule has 0 spiro atoms. The number of nitrogens with zero attached hydrogens (tertiary/aromatic N) is 1. The molecule has 1 N–H and O–H groups in total. The Morgan fingerprint density at radius 1 is 1.32 bits per heavy atom. The largest absolute Gasteiger partial charge is 0.497 e. The zero-order valence-corrected chi connectivity index (χ0v) is 11.5. The molecule has 0 bridgehead atoms. The van der Waals surface area contributed by atoms with Crippen LogP contribution in [0.25, 0.3) is 0 Å². The summed E-state index contributed by atoms with van der Waals surface area (Å²) in [5, 5.41) is 3.43. The summed E-state index contributed by atoms with van der Waals surface area (Å²) in [7, 11) is 1.66. The zero-order valence-electron chi connectivity index (χ0n) is 11.5. The number of rotatable bonds is 4. The van der Waals surface area contributed by atoms with Crippen LogP contribution in [0.4, 0.5) is 5.69 Å². The number of hydrogen-bond acceptors (Lipinski definition) is 3. The number of benzene rings is 1. The molecule has 1 unspecified atom stereocenters. The van der Waals surface area contributed by atoms with Gasteiger partial charge in [0.15, 0.2) is 0 Å². The van der Waals surface area contributed by atoms with Gasteiger partial charge < -0.3 is 15.0 Å². The van der Waals surface area contributed by atoms with E-state index in [9.17, 15) is 4.79 Å². The second kappa shape index (κ2) is 4.85. The lowest BCUT2D eigenvalue weighted by atomic mass is 10.1. The minimum absolute atomic E-state index is 0.00833. The van der Waals surface area contributed by atoms with E-state index in [0.717, 1.165) is 30.0 Å². The summed E-state index contributed by atoms with van der Waals surface area (Å²) in [4.78, 5) is 14.3. The highest BCUT2D eigenvalue weighted by molar-refractivity contribution is 6.00. The van der Waals surface area contributed by atoms with E-state index in [1.807, 2.05) is 30.0 Å². The summed E-state index contributed by atoms with van der Waals surface area (Å²) < 4.78 is 5.21. The standard InChI is InChI=1S/C15H20N2O2/c1-10-9-12(19-2)5-6-14(10)17-8-7-13(15(17)18)16-11-3-4-11/h5-6,9,11,13,16H,3-4,7-8H2,1-2H3. The number of carbonyl (C=O) groups is 1. The first-order valence-electron chi connectivity index (χ1n) is 6.91. The Bertz CT molecular complexity index is 497. The van der Waals surface area contributed by atoms with Crippen LogP contribution in [0.2, 0.25) is 0 Å². The summed E-state index contributed by atoms with van der Waals surface area (Å²) in [6, 6.07) is 6.45. The Morgan fingerprint density at radius 3 is 2.74 bits per heavy atom. The van der Waals surface area contributed by atoms with E-state index in [1.165, 1.54) is 12.8 Å². The van der Waals surface area contributed by atoms with Gasteiger partial charge in [-0.1, -0.05) is 0 Å². The lowest BCUT2D eigenvalue weighted by Gasteiger charge is -2.20. The van der Waals surface area contributed by atoms with Crippen LogP contribution < -0.4 is 15.0 Å². The van der Waals surface area contributed by atoms with E-state index >= 15 is 0 Å². The normalized spacial score (nSPS) is 22.9. The molecule has 1 aromatic carbocycles. The summed E-state index contributed by atoms with van der Waals surface area (Å²) >= 11 is 0. The SMILES string of the molecule is COc1ccc(N2CCC(NC3CC3)C2=O)c(C)c1. The molecule has 19 heavy (non-hydrogen) atoms. The topological polar surface area (TPSA) is 41.6 Å². The summed E-state index contributed by atoms with van der Waals surface area (Å²) in [5.41, 5.74) is 2.09. The average Bonchev–Trinajstić information content (AvgIpc) is 3.15. The van der Waals surface area contributed by atoms with Crippen LogP contribution in [0.3, 0.4) is 0 Å². The summed E-state index contributed by atoms with van der Waals surface area (Å²) in [6.45, 7) is 2.82. The maximum Gasteiger partial charge on any atom is 0.244 e. The number of ether oxygens (including phenoxy) is 1. The van der Waals surface area contributed by atoms with Gasteiger partial charge in [-0.3, -0.25) is 4.79 Å². The molecule has 1 saturated heterocycles. The molecule has 1 aromatic rings. The average molecular weight is 260 g/mol. The molecule has 4 heteroatoms. The van der Waals surface area contributed by atoms with Crippen molar-refractivity contribution in [2.24, 2.45) is 0 Å². The number of methoxy groups -OCH3 is 1. The fourth-order valence-corrected chi connectivity index (χ4v) is 2.67. The van der Waals surface area contributed by atoms with Crippen molar-refractivity contribution in [2.45, 2.75) is 38.3 Å². The van der Waals surface area contributed by atoms with Gasteiger partial charge in [-0.05, 0) is 49.9 Å². The molecule has 2 aliphatic rings. The molecule has 1 heterocycles. The first kappa shape index (κ1) is 12.5. The van der Waals surface area contributed by atoms with Crippen molar-refractivity contribution in [3.63, 3.8) is 0 Å². The lowest BCUT2D eigenvalue weighted by Crippen LogP contribution is -2.39. The predicted octanol–water partition coefficient (Wildman–Crippen LogP) is 1.86. The van der Waals surface area contributed by atoms with Crippen LogP contribution >= 0.6 is 0 Å². The van der Waals surface area contributed by atoms with E-state index < -0.39 is 0 Å². The minimum Gasteiger partial charge on any atom is -0.497 e. The molecular formula is C15H20N2O2. The highest BCUT2D eigenvalue weighted by Gasteiger charge is 2.36. The van der Waals surface area contributed by atoms with Crippen LogP contribution in [-0.4, -0.2) is 31.6 Å². The van der Waals surface area contributed by atoms with E-state index in [-0.39, 0.29) is 11.9 Å². The van der Waals surface area contributed by atoms with E-state index in [0.29, 0.717) is 6.04 Å². The van der Waals surface area contributed by atoms with Gasteiger partial charge in [-0.25, -0.2) is 0 Å². The van der Waals surface area contributed by atoms with Gasteiger partial charge >= 0.3 is 0 Å². The molecular weight excluding hydrogens is 240 g/mol. The van der Waals surface area contributed by atoms with Crippen molar-refractivity contribution >= 4 is 11.6 Å². The van der Waals surface area contributed by atoms with Crippen molar-refractivity contribution < 1.29 is 9.53 Å². The Hall–Kier alpha value is -1.55. The molecule has 1 saturated carbocycles. The smallest absolute Gasteiger partial charge is 0.244 e. The molecule has 1 amide bonds. The van der Waals surface area contributed by atoms with Crippen molar-refractivity contribution in [1.29, 1.82) is 0 Å². The molecule has 2 fully saturated rings. The van der Waals surface area contributed by atoms with Gasteiger partial charge in [0.2, 0.25) is 5.91 Å². The summed E-state index contributed by atoms with van der Waals surface area (Å²) in [6.07, 6.45) is 3.33. The van der Waals surface area contributed by atoms with Crippen molar-refractivity contribution in [3.05, 3.63) is 23.8 Å². The highest BCUT2D eigenvalue weighted by atomic mass is 16.5. The zero-order chi connectivity index (χ0) is 13.4. The van der Waals surface area contributed by atoms with Crippen molar-refractivity contribution in [1.82, 2.24) is 5.32 Å². The third-order valence-electron chi connectivity index (χ3n) is 3.91. The van der Waals surface area contributed by atoms with Gasteiger partial charge in [0.1, 0.15) is 5.75 Å². The Labute approximate surface area is 113 Å². The summed E-state index contributed by atoms with van der Waals surface area (Å²) in [5.74, 6) is 1.04. The molecule has 1 atom stereocenters. The molecule has 1 aliphatic heterocycles. The number of anilines is 1. The Balaban J connectivity index is 1.76. The number of amides is 1. The maximum atomic E-state index is 12.4. The lowest BCUT2D eigenvalue weighted by molar-refractivity contribution is -0.118. The van der Waals surface area contributed by atoms with Crippen LogP contribution in [0.5, 0.6) is 5.75 Å². The fourth-order valence-electron chi connectivity index (χ4n) is 2.67. The maximum absolute atomic E-state index is 12.4. The van der Waals surface area contributed by atoms with Crippen molar-refractivity contribution in [2.75, 3.05) is 18.6 Å². The number of aryl methyl sites for hydroxylation is 1. The minimum atomic E-state index is 0.00833. The fraction of sp³-hybridized carbons (Fsp3) is 0.533. The third-order valence-corrected chi connectivity index (χ3v) is 3.91. The van der Waals surface area contributed by atoms with E-state index in [1.54, 1.807) is 7.11 Å². The first-order chi connectivity index (χ1) is 9.19. The van der Waals surface area contributed by atoms with Gasteiger partial charge in [0, 0.05) is 18.3 Å². The van der Waals surface area contributed by atoms with Gasteiger partial charge in [0.05, 0.1) is 13.2 Å². The van der Waals surface area contributed by atoms with Gasteiger partial charge in [0.25, 0.3) is 0 Å². The van der Waals surface area contributed by atoms with Crippen LogP contribution in [0, 0.1) is 6.92 Å². The van der Waals surface area contributed by atoms with Gasteiger partial charge in [-0.2, -0.15) is 0 Å². The number of nitrogens with one attached hydrogen (secondary N) is 1. The monoisotopic (exact) mass is 260 g/mol. The van der Waals surface area contributed by atoms with Crippen molar-refractivity contribution in [3.8, 4) is 5.75 Å². The predicted molar refractivity (Wildman–Crippen MR) is 74.6 cm³/mol. The quantitative estimate of drug-likeness (QED) is 0.898. The number of carbonyl (C=O) groups excluding carboxylic acids is 1. The van der Waals surface area contributed by atoms with Crippen LogP contribution in [0.15, 0.2) is 18.2 Å². The van der Waals surface area contributed by atoms with Crippen LogP contribution in [0.1, 0.15) is 24.8 Å². The molecule has 3 rings (SSSR count). The molecule has 102 valence electrons. The van der Waals surface area contributed by atoms with Gasteiger partial charge in [-0.15, -0.1) is 0 Å². The Kier molecular flexibility index (Phi) is 3.19.